The minimum absolute atomic E-state index is 0.356. The van der Waals surface area contributed by atoms with Crippen LogP contribution in [0.25, 0.3) is 0 Å². The van der Waals surface area contributed by atoms with Gasteiger partial charge in [-0.1, -0.05) is 6.07 Å². The molecular formula is C14H16N2O2S2. The second-order valence-corrected chi connectivity index (χ2v) is 6.28. The lowest BCUT2D eigenvalue weighted by Gasteiger charge is -2.21. The number of aromatic nitrogens is 1. The Morgan fingerprint density at radius 2 is 2.25 bits per heavy atom. The molecule has 20 heavy (non-hydrogen) atoms. The van der Waals surface area contributed by atoms with Crippen LogP contribution in [0.5, 0.6) is 0 Å². The summed E-state index contributed by atoms with van der Waals surface area (Å²) in [4.78, 5) is 18.6. The van der Waals surface area contributed by atoms with Crippen LogP contribution in [0.1, 0.15) is 21.1 Å². The molecule has 0 fully saturated rings. The molecule has 1 aromatic heterocycles. The van der Waals surface area contributed by atoms with Crippen molar-refractivity contribution in [2.24, 2.45) is 0 Å². The maximum atomic E-state index is 11.5. The molecule has 106 valence electrons. The Balaban J connectivity index is 2.34. The Kier molecular flexibility index (Phi) is 4.67. The third-order valence-electron chi connectivity index (χ3n) is 2.92. The van der Waals surface area contributed by atoms with Crippen molar-refractivity contribution in [3.05, 3.63) is 39.8 Å². The summed E-state index contributed by atoms with van der Waals surface area (Å²) in [5.41, 5.74) is 2.03. The van der Waals surface area contributed by atoms with E-state index in [0.29, 0.717) is 12.1 Å². The van der Waals surface area contributed by atoms with Gasteiger partial charge in [0.15, 0.2) is 0 Å². The first-order valence-corrected chi connectivity index (χ1v) is 8.15. The monoisotopic (exact) mass is 308 g/mol. The molecule has 0 amide bonds. The zero-order chi connectivity index (χ0) is 14.7. The van der Waals surface area contributed by atoms with Crippen molar-refractivity contribution in [1.82, 2.24) is 4.98 Å². The summed E-state index contributed by atoms with van der Waals surface area (Å²) in [6, 6.07) is 5.55. The van der Waals surface area contributed by atoms with Gasteiger partial charge in [-0.25, -0.2) is 9.78 Å². The van der Waals surface area contributed by atoms with Gasteiger partial charge in [-0.05, 0) is 25.3 Å². The lowest BCUT2D eigenvalue weighted by atomic mass is 10.1. The second-order valence-electron chi connectivity index (χ2n) is 4.37. The molecule has 4 nitrogen and oxygen atoms in total. The van der Waals surface area contributed by atoms with Gasteiger partial charge in [0.25, 0.3) is 0 Å². The third kappa shape index (κ3) is 3.13. The van der Waals surface area contributed by atoms with Crippen LogP contribution >= 0.6 is 23.1 Å². The minimum Gasteiger partial charge on any atom is -0.478 e. The Bertz CT molecular complexity index is 625. The molecule has 6 heteroatoms. The summed E-state index contributed by atoms with van der Waals surface area (Å²) in [5, 5.41) is 12.5. The molecule has 1 aromatic carbocycles. The quantitative estimate of drug-likeness (QED) is 0.857. The van der Waals surface area contributed by atoms with Crippen molar-refractivity contribution in [3.8, 4) is 0 Å². The summed E-state index contributed by atoms with van der Waals surface area (Å²) in [7, 11) is 1.89. The number of carboxylic acids is 1. The van der Waals surface area contributed by atoms with Crippen molar-refractivity contribution in [1.29, 1.82) is 0 Å². The van der Waals surface area contributed by atoms with E-state index in [9.17, 15) is 9.90 Å². The maximum absolute atomic E-state index is 11.5. The summed E-state index contributed by atoms with van der Waals surface area (Å²) in [5.74, 6) is -0.897. The Morgan fingerprint density at radius 3 is 2.80 bits per heavy atom. The van der Waals surface area contributed by atoms with Crippen molar-refractivity contribution in [2.45, 2.75) is 18.4 Å². The van der Waals surface area contributed by atoms with Crippen molar-refractivity contribution >= 4 is 34.8 Å². The number of hydrogen-bond donors (Lipinski definition) is 1. The lowest BCUT2D eigenvalue weighted by molar-refractivity contribution is 0.0694. The zero-order valence-corrected chi connectivity index (χ0v) is 13.2. The van der Waals surface area contributed by atoms with E-state index in [1.807, 2.05) is 48.7 Å². The van der Waals surface area contributed by atoms with Gasteiger partial charge >= 0.3 is 5.97 Å². The van der Waals surface area contributed by atoms with E-state index in [0.717, 1.165) is 21.3 Å². The first kappa shape index (κ1) is 14.9. The predicted molar refractivity (Wildman–Crippen MR) is 84.1 cm³/mol. The molecule has 0 aliphatic heterocycles. The number of aryl methyl sites for hydroxylation is 1. The average Bonchev–Trinajstić information content (AvgIpc) is 2.82. The van der Waals surface area contributed by atoms with Gasteiger partial charge < -0.3 is 10.0 Å². The van der Waals surface area contributed by atoms with Gasteiger partial charge in [-0.3, -0.25) is 0 Å². The summed E-state index contributed by atoms with van der Waals surface area (Å²) in [6.45, 7) is 2.56. The average molecular weight is 308 g/mol. The van der Waals surface area contributed by atoms with Crippen LogP contribution in [0.3, 0.4) is 0 Å². The normalized spacial score (nSPS) is 10.6. The predicted octanol–water partition coefficient (Wildman–Crippen LogP) is 3.51. The molecule has 2 rings (SSSR count). The molecule has 0 saturated carbocycles. The summed E-state index contributed by atoms with van der Waals surface area (Å²) in [6.07, 6.45) is 1.88. The van der Waals surface area contributed by atoms with Crippen LogP contribution in [0, 0.1) is 6.92 Å². The van der Waals surface area contributed by atoms with Gasteiger partial charge in [0.05, 0.1) is 28.5 Å². The molecule has 2 aromatic rings. The largest absolute Gasteiger partial charge is 0.478 e. The number of thiazole rings is 1. The number of aromatic carboxylic acids is 1. The van der Waals surface area contributed by atoms with Crippen LogP contribution < -0.4 is 4.90 Å². The second kappa shape index (κ2) is 6.28. The molecule has 0 bridgehead atoms. The summed E-state index contributed by atoms with van der Waals surface area (Å²) < 4.78 is 0. The number of hydrogen-bond acceptors (Lipinski definition) is 5. The standard InChI is InChI=1S/C14H16N2O2S2/c1-9-15-10(8-20-9)7-16(2)11-5-4-6-12(19-3)13(11)14(17)18/h4-6,8H,7H2,1-3H3,(H,17,18). The van der Waals surface area contributed by atoms with Gasteiger partial charge in [-0.15, -0.1) is 23.1 Å². The fourth-order valence-electron chi connectivity index (χ4n) is 2.03. The smallest absolute Gasteiger partial charge is 0.338 e. The van der Waals surface area contributed by atoms with Crippen molar-refractivity contribution in [3.63, 3.8) is 0 Å². The van der Waals surface area contributed by atoms with Crippen LogP contribution in [0.15, 0.2) is 28.5 Å². The van der Waals surface area contributed by atoms with Gasteiger partial charge in [0.1, 0.15) is 0 Å². The molecule has 1 heterocycles. The van der Waals surface area contributed by atoms with Gasteiger partial charge in [0, 0.05) is 17.3 Å². The molecule has 0 radical (unpaired) electrons. The van der Waals surface area contributed by atoms with Crippen molar-refractivity contribution in [2.75, 3.05) is 18.2 Å². The molecule has 0 saturated heterocycles. The van der Waals surface area contributed by atoms with Crippen LogP contribution in [-0.2, 0) is 6.54 Å². The minimum atomic E-state index is -0.897. The molecule has 0 spiro atoms. The zero-order valence-electron chi connectivity index (χ0n) is 11.6. The molecule has 0 unspecified atom stereocenters. The number of benzene rings is 1. The highest BCUT2D eigenvalue weighted by Gasteiger charge is 2.18. The molecule has 0 aliphatic rings. The molecule has 0 aliphatic carbocycles. The summed E-state index contributed by atoms with van der Waals surface area (Å²) >= 11 is 3.05. The van der Waals surface area contributed by atoms with Crippen LogP contribution in [0.4, 0.5) is 5.69 Å². The number of nitrogens with zero attached hydrogens (tertiary/aromatic N) is 2. The lowest BCUT2D eigenvalue weighted by Crippen LogP contribution is -2.20. The fourth-order valence-corrected chi connectivity index (χ4v) is 3.25. The van der Waals surface area contributed by atoms with E-state index in [1.165, 1.54) is 11.8 Å². The Labute approximate surface area is 126 Å². The SMILES string of the molecule is CSc1cccc(N(C)Cc2csc(C)n2)c1C(=O)O. The highest BCUT2D eigenvalue weighted by molar-refractivity contribution is 7.98. The first-order chi connectivity index (χ1) is 9.52. The third-order valence-corrected chi connectivity index (χ3v) is 4.52. The Hall–Kier alpha value is -1.53. The van der Waals surface area contributed by atoms with Crippen LogP contribution in [0.2, 0.25) is 0 Å². The number of carboxylic acid groups (broad SMARTS) is 1. The van der Waals surface area contributed by atoms with E-state index < -0.39 is 5.97 Å². The van der Waals surface area contributed by atoms with Gasteiger partial charge in [-0.2, -0.15) is 0 Å². The van der Waals surface area contributed by atoms with Gasteiger partial charge in [0.2, 0.25) is 0 Å². The first-order valence-electron chi connectivity index (χ1n) is 6.05. The number of thioether (sulfide) groups is 1. The fraction of sp³-hybridized carbons (Fsp3) is 0.286. The maximum Gasteiger partial charge on any atom is 0.338 e. The molecule has 0 atom stereocenters. The topological polar surface area (TPSA) is 53.4 Å². The van der Waals surface area contributed by atoms with E-state index in [4.69, 9.17) is 0 Å². The molecule has 1 N–H and O–H groups in total. The number of carbonyl (C=O) groups is 1. The Morgan fingerprint density at radius 1 is 1.50 bits per heavy atom. The van der Waals surface area contributed by atoms with E-state index in [-0.39, 0.29) is 0 Å². The highest BCUT2D eigenvalue weighted by Crippen LogP contribution is 2.30. The highest BCUT2D eigenvalue weighted by atomic mass is 32.2. The van der Waals surface area contributed by atoms with Crippen LogP contribution in [-0.4, -0.2) is 29.4 Å². The van der Waals surface area contributed by atoms with Crippen molar-refractivity contribution < 1.29 is 9.90 Å². The van der Waals surface area contributed by atoms with E-state index >= 15 is 0 Å². The number of anilines is 1. The van der Waals surface area contributed by atoms with E-state index in [2.05, 4.69) is 4.98 Å². The molecular weight excluding hydrogens is 292 g/mol. The van der Waals surface area contributed by atoms with E-state index in [1.54, 1.807) is 11.3 Å². The number of rotatable bonds is 5.